The van der Waals surface area contributed by atoms with E-state index in [0.717, 1.165) is 5.01 Å². The quantitative estimate of drug-likeness (QED) is 0.481. The van der Waals surface area contributed by atoms with Crippen LogP contribution >= 0.6 is 11.6 Å². The molecule has 0 aliphatic carbocycles. The summed E-state index contributed by atoms with van der Waals surface area (Å²) in [5.74, 6) is -2.86. The maximum Gasteiger partial charge on any atom is 0.384 e. The van der Waals surface area contributed by atoms with Gasteiger partial charge in [-0.3, -0.25) is 9.59 Å². The first kappa shape index (κ1) is 17.5. The van der Waals surface area contributed by atoms with Gasteiger partial charge in [-0.05, 0) is 28.9 Å². The maximum absolute atomic E-state index is 13.6. The van der Waals surface area contributed by atoms with Crippen LogP contribution in [0.2, 0.25) is 5.02 Å². The summed E-state index contributed by atoms with van der Waals surface area (Å²) < 4.78 is -1.18. The van der Waals surface area contributed by atoms with Gasteiger partial charge in [-0.1, -0.05) is 53.0 Å². The molecule has 29 heavy (non-hydrogen) atoms. The maximum atomic E-state index is 13.6. The molecule has 0 N–H and O–H groups in total. The first-order valence-corrected chi connectivity index (χ1v) is 9.18. The number of fused-ring (bicyclic) bond motifs is 2. The second-order valence-electron chi connectivity index (χ2n) is 6.71. The lowest BCUT2D eigenvalue weighted by Gasteiger charge is -2.33. The van der Waals surface area contributed by atoms with Crippen molar-refractivity contribution in [1.82, 2.24) is 9.60 Å². The average Bonchev–Trinajstić information content (AvgIpc) is 3.13. The number of hydrogen-bond donors (Lipinski definition) is 0. The molecule has 0 unspecified atom stereocenters. The van der Waals surface area contributed by atoms with E-state index in [2.05, 4.69) is 0 Å². The minimum absolute atomic E-state index is 0.0100. The van der Waals surface area contributed by atoms with Crippen molar-refractivity contribution in [2.75, 3.05) is 0 Å². The third kappa shape index (κ3) is 2.04. The highest BCUT2D eigenvalue weighted by Gasteiger charge is 2.66. The van der Waals surface area contributed by atoms with Crippen LogP contribution in [0.25, 0.3) is 0 Å². The Morgan fingerprint density at radius 2 is 1.17 bits per heavy atom. The Morgan fingerprint density at radius 3 is 1.76 bits per heavy atom. The van der Waals surface area contributed by atoms with Crippen LogP contribution in [0.15, 0.2) is 72.8 Å². The van der Waals surface area contributed by atoms with Crippen LogP contribution in [0.1, 0.15) is 41.4 Å². The molecule has 0 saturated carbocycles. The van der Waals surface area contributed by atoms with Gasteiger partial charge in [0.25, 0.3) is 0 Å². The number of rotatable bonds is 2. The Hall–Kier alpha value is -3.61. The predicted octanol–water partition coefficient (Wildman–Crippen LogP) is 3.85. The summed E-state index contributed by atoms with van der Waals surface area (Å²) in [5, 5.41) is 0.808. The molecule has 7 heteroatoms. The van der Waals surface area contributed by atoms with E-state index < -0.39 is 28.2 Å². The second-order valence-corrected chi connectivity index (χ2v) is 7.12. The molecule has 0 saturated heterocycles. The van der Waals surface area contributed by atoms with Crippen molar-refractivity contribution < 1.29 is 19.2 Å². The number of imide groups is 2. The van der Waals surface area contributed by atoms with E-state index in [1.165, 1.54) is 24.3 Å². The van der Waals surface area contributed by atoms with E-state index in [0.29, 0.717) is 0 Å². The molecule has 0 spiro atoms. The number of benzene rings is 3. The summed E-state index contributed by atoms with van der Waals surface area (Å²) in [4.78, 5) is 53.9. The van der Waals surface area contributed by atoms with Gasteiger partial charge in [-0.25, -0.2) is 9.59 Å². The fourth-order valence-corrected chi connectivity index (χ4v) is 4.23. The van der Waals surface area contributed by atoms with Crippen LogP contribution in [-0.2, 0) is 0 Å². The Kier molecular flexibility index (Phi) is 3.58. The standard InChI is InChI=1S/C22H12ClN2O4/c23-17-12-6-11-16-18(17)20(27)24(19(16)26)25(13-7-2-1-3-8-13)21(28)14-9-4-5-10-15(14)22(25)29/h1-12H/q+1. The van der Waals surface area contributed by atoms with Crippen molar-refractivity contribution in [3.05, 3.63) is 100 Å². The fraction of sp³-hybridized carbons (Fsp3) is 0. The highest BCUT2D eigenvalue weighted by molar-refractivity contribution is 6.39. The Bertz CT molecular complexity index is 1220. The molecule has 2 heterocycles. The Labute approximate surface area is 170 Å². The van der Waals surface area contributed by atoms with Gasteiger partial charge in [0.1, 0.15) is 0 Å². The molecule has 0 fully saturated rings. The number of halogens is 1. The normalized spacial score (nSPS) is 16.9. The lowest BCUT2D eigenvalue weighted by molar-refractivity contribution is 0.0103. The number of hydrogen-bond acceptors (Lipinski definition) is 4. The number of amides is 4. The molecule has 3 aromatic carbocycles. The zero-order valence-electron chi connectivity index (χ0n) is 14.8. The van der Waals surface area contributed by atoms with Crippen molar-refractivity contribution in [3.8, 4) is 0 Å². The number of nitrogens with zero attached hydrogens (tertiary/aromatic N) is 2. The van der Waals surface area contributed by atoms with E-state index in [4.69, 9.17) is 11.6 Å². The Morgan fingerprint density at radius 1 is 0.621 bits per heavy atom. The molecule has 0 aromatic heterocycles. The van der Waals surface area contributed by atoms with Gasteiger partial charge in [-0.2, -0.15) is 0 Å². The molecule has 4 amide bonds. The number of carbonyl (C=O) groups excluding carboxylic acids is 4. The van der Waals surface area contributed by atoms with Crippen LogP contribution < -0.4 is 4.59 Å². The minimum Gasteiger partial charge on any atom is -0.263 e. The first-order valence-electron chi connectivity index (χ1n) is 8.81. The van der Waals surface area contributed by atoms with Gasteiger partial charge in [0.15, 0.2) is 5.69 Å². The number of carbonyl (C=O) groups is 4. The zero-order chi connectivity index (χ0) is 20.3. The first-order chi connectivity index (χ1) is 14.0. The summed E-state index contributed by atoms with van der Waals surface area (Å²) in [5.41, 5.74) is 0.564. The summed E-state index contributed by atoms with van der Waals surface area (Å²) in [7, 11) is 0. The average molecular weight is 404 g/mol. The topological polar surface area (TPSA) is 71.5 Å². The lowest BCUT2D eigenvalue weighted by atomic mass is 10.1. The summed E-state index contributed by atoms with van der Waals surface area (Å²) in [6.45, 7) is 0. The molecule has 6 nitrogen and oxygen atoms in total. The van der Waals surface area contributed by atoms with E-state index in [9.17, 15) is 19.2 Å². The van der Waals surface area contributed by atoms with Crippen LogP contribution in [0.3, 0.4) is 0 Å². The third-order valence-corrected chi connectivity index (χ3v) is 5.56. The predicted molar refractivity (Wildman–Crippen MR) is 105 cm³/mol. The van der Waals surface area contributed by atoms with E-state index in [1.807, 2.05) is 0 Å². The summed E-state index contributed by atoms with van der Waals surface area (Å²) >= 11 is 6.18. The van der Waals surface area contributed by atoms with Gasteiger partial charge in [0.2, 0.25) is 0 Å². The van der Waals surface area contributed by atoms with Gasteiger partial charge in [-0.15, -0.1) is 0 Å². The molecule has 0 bridgehead atoms. The van der Waals surface area contributed by atoms with Crippen LogP contribution in [-0.4, -0.2) is 28.6 Å². The molecule has 2 aliphatic heterocycles. The summed E-state index contributed by atoms with van der Waals surface area (Å²) in [6, 6.07) is 18.9. The SMILES string of the molecule is O=C1c2cccc(Cl)c2C(=O)N1[N+]1(c2ccccc2)C(=O)c2ccccc2C1=O. The van der Waals surface area contributed by atoms with Gasteiger partial charge in [0.05, 0.1) is 27.3 Å². The molecule has 140 valence electrons. The van der Waals surface area contributed by atoms with E-state index in [1.54, 1.807) is 48.5 Å². The monoisotopic (exact) mass is 403 g/mol. The molecule has 0 radical (unpaired) electrons. The second kappa shape index (κ2) is 5.94. The highest BCUT2D eigenvalue weighted by Crippen LogP contribution is 2.42. The number of para-hydroxylation sites is 1. The molecule has 0 atom stereocenters. The molecule has 5 rings (SSSR count). The number of quaternary nitrogens is 1. The van der Waals surface area contributed by atoms with Gasteiger partial charge >= 0.3 is 23.6 Å². The Balaban J connectivity index is 1.83. The third-order valence-electron chi connectivity index (χ3n) is 5.25. The van der Waals surface area contributed by atoms with Gasteiger partial charge in [0, 0.05) is 12.1 Å². The van der Waals surface area contributed by atoms with Crippen LogP contribution in [0.5, 0.6) is 0 Å². The molecule has 3 aromatic rings. The lowest BCUT2D eigenvalue weighted by Crippen LogP contribution is -2.67. The fourth-order valence-electron chi connectivity index (χ4n) is 3.98. The largest absolute Gasteiger partial charge is 0.384 e. The van der Waals surface area contributed by atoms with Crippen molar-refractivity contribution in [2.24, 2.45) is 0 Å². The van der Waals surface area contributed by atoms with Crippen molar-refractivity contribution in [1.29, 1.82) is 0 Å². The zero-order valence-corrected chi connectivity index (χ0v) is 15.6. The van der Waals surface area contributed by atoms with Crippen LogP contribution in [0, 0.1) is 0 Å². The van der Waals surface area contributed by atoms with E-state index in [-0.39, 0.29) is 33.0 Å². The van der Waals surface area contributed by atoms with Gasteiger partial charge < -0.3 is 0 Å². The summed E-state index contributed by atoms with van der Waals surface area (Å²) in [6.07, 6.45) is 0. The molecule has 2 aliphatic rings. The van der Waals surface area contributed by atoms with Crippen LogP contribution in [0.4, 0.5) is 5.69 Å². The highest BCUT2D eigenvalue weighted by atomic mass is 35.5. The minimum atomic E-state index is -1.18. The van der Waals surface area contributed by atoms with Crippen molar-refractivity contribution in [2.45, 2.75) is 0 Å². The van der Waals surface area contributed by atoms with E-state index >= 15 is 0 Å². The molecular weight excluding hydrogens is 392 g/mol. The smallest absolute Gasteiger partial charge is 0.263 e. The molecular formula is C22H12ClN2O4+. The van der Waals surface area contributed by atoms with Crippen molar-refractivity contribution in [3.63, 3.8) is 0 Å². The van der Waals surface area contributed by atoms with Crippen molar-refractivity contribution >= 4 is 40.9 Å².